The van der Waals surface area contributed by atoms with Crippen molar-refractivity contribution in [3.8, 4) is 0 Å². The molecule has 1 aliphatic carbocycles. The van der Waals surface area contributed by atoms with Crippen LogP contribution in [0.25, 0.3) is 0 Å². The molecule has 160 valence electrons. The van der Waals surface area contributed by atoms with Gasteiger partial charge in [0.1, 0.15) is 17.2 Å². The van der Waals surface area contributed by atoms with E-state index in [1.807, 2.05) is 24.3 Å². The fourth-order valence-corrected chi connectivity index (χ4v) is 3.80. The molecule has 1 saturated carbocycles. The van der Waals surface area contributed by atoms with Crippen LogP contribution in [-0.4, -0.2) is 35.1 Å². The fourth-order valence-electron chi connectivity index (χ4n) is 3.44. The Morgan fingerprint density at radius 3 is 2.24 bits per heavy atom. The molecular weight excluding hydrogens is 485 g/mol. The van der Waals surface area contributed by atoms with Crippen molar-refractivity contribution >= 4 is 40.5 Å². The van der Waals surface area contributed by atoms with Gasteiger partial charge < -0.3 is 21.1 Å². The number of carbonyl (C=O) groups is 3. The van der Waals surface area contributed by atoms with Gasteiger partial charge in [0.25, 0.3) is 0 Å². The van der Waals surface area contributed by atoms with Gasteiger partial charge in [0.15, 0.2) is 0 Å². The SMILES string of the molecule is CC(C)(C)OC(=O)NC1(C(=O)NC(Cc2ccc(I)cc2)C(N)=O)CCCCC1. The molecule has 2 rings (SSSR count). The lowest BCUT2D eigenvalue weighted by Gasteiger charge is -2.37. The number of halogens is 1. The van der Waals surface area contributed by atoms with Crippen molar-refractivity contribution in [3.63, 3.8) is 0 Å². The van der Waals surface area contributed by atoms with Crippen LogP contribution in [0.2, 0.25) is 0 Å². The molecular formula is C21H30IN3O4. The number of hydrogen-bond acceptors (Lipinski definition) is 4. The van der Waals surface area contributed by atoms with Crippen LogP contribution in [-0.2, 0) is 20.7 Å². The van der Waals surface area contributed by atoms with Gasteiger partial charge in [0.2, 0.25) is 11.8 Å². The molecule has 0 aliphatic heterocycles. The number of nitrogens with one attached hydrogen (secondary N) is 2. The summed E-state index contributed by atoms with van der Waals surface area (Å²) in [5.41, 5.74) is 4.68. The van der Waals surface area contributed by atoms with Gasteiger partial charge in [-0.05, 0) is 73.9 Å². The van der Waals surface area contributed by atoms with E-state index in [4.69, 9.17) is 10.5 Å². The molecule has 0 saturated heterocycles. The minimum Gasteiger partial charge on any atom is -0.444 e. The summed E-state index contributed by atoms with van der Waals surface area (Å²) in [7, 11) is 0. The predicted molar refractivity (Wildman–Crippen MR) is 119 cm³/mol. The fraction of sp³-hybridized carbons (Fsp3) is 0.571. The number of alkyl carbamates (subject to hydrolysis) is 1. The molecule has 1 atom stereocenters. The highest BCUT2D eigenvalue weighted by Crippen LogP contribution is 2.29. The highest BCUT2D eigenvalue weighted by Gasteiger charge is 2.43. The van der Waals surface area contributed by atoms with E-state index < -0.39 is 35.1 Å². The van der Waals surface area contributed by atoms with Gasteiger partial charge in [-0.25, -0.2) is 4.79 Å². The second kappa shape index (κ2) is 9.77. The Morgan fingerprint density at radius 2 is 1.72 bits per heavy atom. The van der Waals surface area contributed by atoms with E-state index in [2.05, 4.69) is 33.2 Å². The summed E-state index contributed by atoms with van der Waals surface area (Å²) in [5, 5.41) is 5.55. The Hall–Kier alpha value is -1.84. The van der Waals surface area contributed by atoms with E-state index >= 15 is 0 Å². The third-order valence-electron chi connectivity index (χ3n) is 4.88. The maximum atomic E-state index is 13.2. The number of nitrogens with two attached hydrogens (primary N) is 1. The Labute approximate surface area is 185 Å². The van der Waals surface area contributed by atoms with Crippen LogP contribution in [0.5, 0.6) is 0 Å². The molecule has 0 heterocycles. The molecule has 1 aliphatic rings. The van der Waals surface area contributed by atoms with E-state index in [-0.39, 0.29) is 0 Å². The maximum Gasteiger partial charge on any atom is 0.408 e. The number of rotatable bonds is 6. The van der Waals surface area contributed by atoms with Crippen molar-refractivity contribution in [1.82, 2.24) is 10.6 Å². The number of hydrogen-bond donors (Lipinski definition) is 3. The van der Waals surface area contributed by atoms with E-state index in [0.29, 0.717) is 19.3 Å². The van der Waals surface area contributed by atoms with Crippen LogP contribution in [0.1, 0.15) is 58.4 Å². The number of ether oxygens (including phenoxy) is 1. The third-order valence-corrected chi connectivity index (χ3v) is 5.60. The monoisotopic (exact) mass is 515 g/mol. The lowest BCUT2D eigenvalue weighted by atomic mass is 9.80. The van der Waals surface area contributed by atoms with Gasteiger partial charge in [0.05, 0.1) is 0 Å². The normalized spacial score (nSPS) is 17.1. The van der Waals surface area contributed by atoms with E-state index in [9.17, 15) is 14.4 Å². The Kier molecular flexibility index (Phi) is 7.90. The van der Waals surface area contributed by atoms with Crippen molar-refractivity contribution in [1.29, 1.82) is 0 Å². The molecule has 7 nitrogen and oxygen atoms in total. The molecule has 29 heavy (non-hydrogen) atoms. The first-order valence-corrected chi connectivity index (χ1v) is 10.9. The first-order valence-electron chi connectivity index (χ1n) is 9.87. The Morgan fingerprint density at radius 1 is 1.14 bits per heavy atom. The van der Waals surface area contributed by atoms with Crippen molar-refractivity contribution in [2.75, 3.05) is 0 Å². The minimum absolute atomic E-state index is 0.292. The van der Waals surface area contributed by atoms with Gasteiger partial charge in [-0.3, -0.25) is 9.59 Å². The van der Waals surface area contributed by atoms with Crippen LogP contribution in [0.3, 0.4) is 0 Å². The average Bonchev–Trinajstić information content (AvgIpc) is 2.61. The van der Waals surface area contributed by atoms with E-state index in [0.717, 1.165) is 28.4 Å². The summed E-state index contributed by atoms with van der Waals surface area (Å²) in [6, 6.07) is 6.81. The maximum absolute atomic E-state index is 13.2. The smallest absolute Gasteiger partial charge is 0.408 e. The van der Waals surface area contributed by atoms with Crippen LogP contribution in [0, 0.1) is 3.57 Å². The van der Waals surface area contributed by atoms with Gasteiger partial charge >= 0.3 is 6.09 Å². The molecule has 0 spiro atoms. The Bertz CT molecular complexity index is 737. The van der Waals surface area contributed by atoms with Crippen LogP contribution in [0.15, 0.2) is 24.3 Å². The summed E-state index contributed by atoms with van der Waals surface area (Å²) in [6.45, 7) is 5.30. The van der Waals surface area contributed by atoms with Crippen molar-refractivity contribution in [2.45, 2.75) is 76.5 Å². The zero-order chi connectivity index (χ0) is 21.7. The first-order chi connectivity index (χ1) is 13.5. The van der Waals surface area contributed by atoms with Gasteiger partial charge in [0, 0.05) is 9.99 Å². The van der Waals surface area contributed by atoms with Crippen LogP contribution in [0.4, 0.5) is 4.79 Å². The zero-order valence-corrected chi connectivity index (χ0v) is 19.4. The summed E-state index contributed by atoms with van der Waals surface area (Å²) in [6.07, 6.45) is 3.25. The molecule has 0 aromatic heterocycles. The number of benzene rings is 1. The number of carbonyl (C=O) groups excluding carboxylic acids is 3. The molecule has 3 amide bonds. The molecule has 8 heteroatoms. The average molecular weight is 515 g/mol. The summed E-state index contributed by atoms with van der Waals surface area (Å²) in [4.78, 5) is 37.6. The zero-order valence-electron chi connectivity index (χ0n) is 17.2. The predicted octanol–water partition coefficient (Wildman–Crippen LogP) is 3.03. The second-order valence-corrected chi connectivity index (χ2v) is 9.77. The molecule has 1 unspecified atom stereocenters. The van der Waals surface area contributed by atoms with Gasteiger partial charge in [-0.15, -0.1) is 0 Å². The van der Waals surface area contributed by atoms with Gasteiger partial charge in [-0.2, -0.15) is 0 Å². The quantitative estimate of drug-likeness (QED) is 0.506. The Balaban J connectivity index is 2.14. The molecule has 1 aromatic rings. The standard InChI is InChI=1S/C21H30IN3O4/c1-20(2,3)29-19(28)25-21(11-5-4-6-12-21)18(27)24-16(17(23)26)13-14-7-9-15(22)10-8-14/h7-10,16H,4-6,11-13H2,1-3H3,(H2,23,26)(H,24,27)(H,25,28). The lowest BCUT2D eigenvalue weighted by molar-refractivity contribution is -0.133. The summed E-state index contributed by atoms with van der Waals surface area (Å²) in [5.74, 6) is -1.00. The highest BCUT2D eigenvalue weighted by atomic mass is 127. The topological polar surface area (TPSA) is 111 Å². The van der Waals surface area contributed by atoms with Crippen LogP contribution >= 0.6 is 22.6 Å². The van der Waals surface area contributed by atoms with Crippen molar-refractivity contribution in [2.24, 2.45) is 5.73 Å². The van der Waals surface area contributed by atoms with Crippen molar-refractivity contribution < 1.29 is 19.1 Å². The largest absolute Gasteiger partial charge is 0.444 e. The number of primary amides is 1. The molecule has 1 fully saturated rings. The third kappa shape index (κ3) is 7.17. The molecule has 0 radical (unpaired) electrons. The van der Waals surface area contributed by atoms with Crippen molar-refractivity contribution in [3.05, 3.63) is 33.4 Å². The lowest BCUT2D eigenvalue weighted by Crippen LogP contribution is -2.63. The summed E-state index contributed by atoms with van der Waals surface area (Å²) < 4.78 is 6.43. The van der Waals surface area contributed by atoms with E-state index in [1.54, 1.807) is 20.8 Å². The first kappa shape index (κ1) is 23.4. The molecule has 4 N–H and O–H groups in total. The highest BCUT2D eigenvalue weighted by molar-refractivity contribution is 14.1. The summed E-state index contributed by atoms with van der Waals surface area (Å²) >= 11 is 2.20. The second-order valence-electron chi connectivity index (χ2n) is 8.53. The van der Waals surface area contributed by atoms with E-state index in [1.165, 1.54) is 0 Å². The minimum atomic E-state index is -1.10. The molecule has 0 bridgehead atoms. The van der Waals surface area contributed by atoms with Gasteiger partial charge in [-0.1, -0.05) is 31.4 Å². The number of amides is 3. The van der Waals surface area contributed by atoms with Crippen LogP contribution < -0.4 is 16.4 Å². The molecule has 1 aromatic carbocycles.